The highest BCUT2D eigenvalue weighted by Crippen LogP contribution is 2.26. The van der Waals surface area contributed by atoms with Crippen molar-refractivity contribution >= 4 is 11.8 Å². The second kappa shape index (κ2) is 6.79. The second-order valence-electron chi connectivity index (χ2n) is 3.79. The molecule has 1 atom stereocenters. The lowest BCUT2D eigenvalue weighted by Crippen LogP contribution is -2.29. The van der Waals surface area contributed by atoms with Crippen LogP contribution in [-0.2, 0) is 0 Å². The van der Waals surface area contributed by atoms with E-state index < -0.39 is 0 Å². The van der Waals surface area contributed by atoms with Gasteiger partial charge in [-0.2, -0.15) is 11.8 Å². The van der Waals surface area contributed by atoms with Gasteiger partial charge < -0.3 is 5.32 Å². The molecule has 0 heterocycles. The van der Waals surface area contributed by atoms with Crippen LogP contribution in [0.25, 0.3) is 0 Å². The minimum atomic E-state index is 0.518. The molecule has 0 radical (unpaired) electrons. The average Bonchev–Trinajstić information content (AvgIpc) is 2.06. The summed E-state index contributed by atoms with van der Waals surface area (Å²) in [6.45, 7) is 5.82. The zero-order valence-corrected chi connectivity index (χ0v) is 9.76. The third kappa shape index (κ3) is 5.04. The van der Waals surface area contributed by atoms with Crippen molar-refractivity contribution in [1.29, 1.82) is 0 Å². The van der Waals surface area contributed by atoms with Crippen LogP contribution in [0, 0.1) is 5.41 Å². The zero-order chi connectivity index (χ0) is 9.45. The Morgan fingerprint density at radius 2 is 2.08 bits per heavy atom. The lowest BCUT2D eigenvalue weighted by atomic mass is 9.83. The average molecular weight is 189 g/mol. The van der Waals surface area contributed by atoms with Crippen LogP contribution in [0.15, 0.2) is 0 Å². The van der Waals surface area contributed by atoms with Crippen molar-refractivity contribution in [3.63, 3.8) is 0 Å². The van der Waals surface area contributed by atoms with Crippen molar-refractivity contribution in [1.82, 2.24) is 5.32 Å². The van der Waals surface area contributed by atoms with E-state index in [9.17, 15) is 0 Å². The quantitative estimate of drug-likeness (QED) is 0.618. The molecule has 0 bridgehead atoms. The number of nitrogens with one attached hydrogen (secondary N) is 1. The van der Waals surface area contributed by atoms with Crippen molar-refractivity contribution in [2.45, 2.75) is 33.1 Å². The lowest BCUT2D eigenvalue weighted by molar-refractivity contribution is 0.275. The highest BCUT2D eigenvalue weighted by Gasteiger charge is 2.19. The minimum absolute atomic E-state index is 0.518. The molecule has 0 aromatic rings. The summed E-state index contributed by atoms with van der Waals surface area (Å²) in [5.41, 5.74) is 0.518. The number of rotatable bonds is 7. The van der Waals surface area contributed by atoms with Crippen LogP contribution in [0.1, 0.15) is 33.1 Å². The molecule has 0 rings (SSSR count). The third-order valence-corrected chi connectivity index (χ3v) is 3.28. The molecule has 0 fully saturated rings. The Labute approximate surface area is 81.7 Å². The van der Waals surface area contributed by atoms with Crippen LogP contribution in [0.2, 0.25) is 0 Å². The molecule has 74 valence electrons. The van der Waals surface area contributed by atoms with E-state index in [1.807, 2.05) is 18.8 Å². The highest BCUT2D eigenvalue weighted by molar-refractivity contribution is 7.98. The smallest absolute Gasteiger partial charge is 0.000206 e. The zero-order valence-electron chi connectivity index (χ0n) is 8.94. The molecule has 2 heteroatoms. The molecule has 12 heavy (non-hydrogen) atoms. The van der Waals surface area contributed by atoms with Crippen LogP contribution in [-0.4, -0.2) is 25.6 Å². The summed E-state index contributed by atoms with van der Waals surface area (Å²) in [7, 11) is 2.04. The Balaban J connectivity index is 3.63. The predicted octanol–water partition coefficient (Wildman–Crippen LogP) is 2.77. The minimum Gasteiger partial charge on any atom is -0.319 e. The summed E-state index contributed by atoms with van der Waals surface area (Å²) in [6.07, 6.45) is 6.17. The maximum Gasteiger partial charge on any atom is 0.000206 e. The number of thioether (sulfide) groups is 1. The van der Waals surface area contributed by atoms with Crippen LogP contribution < -0.4 is 5.32 Å². The van der Waals surface area contributed by atoms with E-state index in [0.717, 1.165) is 6.54 Å². The summed E-state index contributed by atoms with van der Waals surface area (Å²) >= 11 is 1.95. The van der Waals surface area contributed by atoms with Crippen LogP contribution >= 0.6 is 11.8 Å². The van der Waals surface area contributed by atoms with Crippen molar-refractivity contribution in [3.8, 4) is 0 Å². The maximum atomic E-state index is 3.28. The number of hydrogen-bond donors (Lipinski definition) is 1. The molecule has 0 aliphatic carbocycles. The Bertz CT molecular complexity index is 106. The largest absolute Gasteiger partial charge is 0.319 e. The number of hydrogen-bond acceptors (Lipinski definition) is 2. The molecule has 1 unspecified atom stereocenters. The van der Waals surface area contributed by atoms with Gasteiger partial charge in [-0.15, -0.1) is 0 Å². The molecule has 1 nitrogen and oxygen atoms in total. The van der Waals surface area contributed by atoms with Gasteiger partial charge in [0.25, 0.3) is 0 Å². The van der Waals surface area contributed by atoms with Gasteiger partial charge >= 0.3 is 0 Å². The first kappa shape index (κ1) is 12.3. The van der Waals surface area contributed by atoms with Gasteiger partial charge in [0.2, 0.25) is 0 Å². The standard InChI is InChI=1S/C10H23NS/c1-5-10(2,9-11-3)7-6-8-12-4/h11H,5-9H2,1-4H3. The van der Waals surface area contributed by atoms with Gasteiger partial charge in [0.05, 0.1) is 0 Å². The first-order valence-corrected chi connectivity index (χ1v) is 6.21. The fourth-order valence-electron chi connectivity index (χ4n) is 1.46. The fourth-order valence-corrected chi connectivity index (χ4v) is 1.89. The van der Waals surface area contributed by atoms with Crippen molar-refractivity contribution in [2.75, 3.05) is 25.6 Å². The summed E-state index contributed by atoms with van der Waals surface area (Å²) in [5, 5.41) is 3.28. The molecule has 0 aliphatic rings. The summed E-state index contributed by atoms with van der Waals surface area (Å²) in [6, 6.07) is 0. The topological polar surface area (TPSA) is 12.0 Å². The van der Waals surface area contributed by atoms with E-state index in [1.54, 1.807) is 0 Å². The molecule has 0 saturated heterocycles. The fraction of sp³-hybridized carbons (Fsp3) is 1.00. The monoisotopic (exact) mass is 189 g/mol. The Morgan fingerprint density at radius 1 is 1.42 bits per heavy atom. The first-order valence-electron chi connectivity index (χ1n) is 4.82. The molecular formula is C10H23NS. The predicted molar refractivity (Wildman–Crippen MR) is 59.9 cm³/mol. The van der Waals surface area contributed by atoms with Crippen LogP contribution in [0.5, 0.6) is 0 Å². The van der Waals surface area contributed by atoms with Crippen molar-refractivity contribution < 1.29 is 0 Å². The van der Waals surface area contributed by atoms with Gasteiger partial charge in [0.15, 0.2) is 0 Å². The van der Waals surface area contributed by atoms with E-state index in [1.165, 1.54) is 25.0 Å². The van der Waals surface area contributed by atoms with Gasteiger partial charge in [-0.3, -0.25) is 0 Å². The van der Waals surface area contributed by atoms with Gasteiger partial charge in [-0.1, -0.05) is 13.8 Å². The first-order chi connectivity index (χ1) is 5.68. The van der Waals surface area contributed by atoms with E-state index >= 15 is 0 Å². The third-order valence-electron chi connectivity index (χ3n) is 2.59. The van der Waals surface area contributed by atoms with Gasteiger partial charge in [0, 0.05) is 6.54 Å². The van der Waals surface area contributed by atoms with Gasteiger partial charge in [-0.05, 0) is 43.7 Å². The van der Waals surface area contributed by atoms with Crippen LogP contribution in [0.4, 0.5) is 0 Å². The molecule has 0 aliphatic heterocycles. The summed E-state index contributed by atoms with van der Waals surface area (Å²) < 4.78 is 0. The molecule has 0 spiro atoms. The van der Waals surface area contributed by atoms with E-state index in [0.29, 0.717) is 5.41 Å². The van der Waals surface area contributed by atoms with Gasteiger partial charge in [0.1, 0.15) is 0 Å². The van der Waals surface area contributed by atoms with Crippen LogP contribution in [0.3, 0.4) is 0 Å². The summed E-state index contributed by atoms with van der Waals surface area (Å²) in [4.78, 5) is 0. The SMILES string of the molecule is CCC(C)(CCCSC)CNC. The second-order valence-corrected chi connectivity index (χ2v) is 4.78. The summed E-state index contributed by atoms with van der Waals surface area (Å²) in [5.74, 6) is 1.30. The normalized spacial score (nSPS) is 16.0. The Morgan fingerprint density at radius 3 is 2.50 bits per heavy atom. The molecule has 0 aromatic heterocycles. The molecular weight excluding hydrogens is 166 g/mol. The lowest BCUT2D eigenvalue weighted by Gasteiger charge is -2.27. The Hall–Kier alpha value is 0.310. The van der Waals surface area contributed by atoms with Gasteiger partial charge in [-0.25, -0.2) is 0 Å². The molecule has 0 aromatic carbocycles. The van der Waals surface area contributed by atoms with E-state index in [4.69, 9.17) is 0 Å². The Kier molecular flexibility index (Phi) is 6.96. The highest BCUT2D eigenvalue weighted by atomic mass is 32.2. The molecule has 1 N–H and O–H groups in total. The molecule has 0 amide bonds. The van der Waals surface area contributed by atoms with Crippen molar-refractivity contribution in [2.24, 2.45) is 5.41 Å². The van der Waals surface area contributed by atoms with Crippen molar-refractivity contribution in [3.05, 3.63) is 0 Å². The van der Waals surface area contributed by atoms with E-state index in [-0.39, 0.29) is 0 Å². The molecule has 0 saturated carbocycles. The maximum absolute atomic E-state index is 3.28. The van der Waals surface area contributed by atoms with E-state index in [2.05, 4.69) is 25.4 Å².